The molecule has 6 heteroatoms. The molecule has 2 nitrogen and oxygen atoms in total. The van der Waals surface area contributed by atoms with Gasteiger partial charge in [-0.1, -0.05) is 11.6 Å². The molecule has 0 radical (unpaired) electrons. The molecule has 0 spiro atoms. The largest absolute Gasteiger partial charge is 0.416 e. The van der Waals surface area contributed by atoms with Crippen molar-refractivity contribution in [2.24, 2.45) is 0 Å². The predicted molar refractivity (Wildman–Crippen MR) is 78.7 cm³/mol. The molecular formula is C16H9ClF3NO. The van der Waals surface area contributed by atoms with Crippen LogP contribution in [0.2, 0.25) is 5.02 Å². The van der Waals surface area contributed by atoms with Gasteiger partial charge in [-0.25, -0.2) is 0 Å². The number of carbonyl (C=O) groups excluding carboxylic acids is 1. The lowest BCUT2D eigenvalue weighted by molar-refractivity contribution is -0.137. The van der Waals surface area contributed by atoms with Gasteiger partial charge >= 0.3 is 6.18 Å². The van der Waals surface area contributed by atoms with Crippen molar-refractivity contribution >= 4 is 28.8 Å². The van der Waals surface area contributed by atoms with Crippen LogP contribution in [-0.4, -0.2) is 10.9 Å². The third-order valence-electron chi connectivity index (χ3n) is 3.37. The molecule has 0 aliphatic rings. The normalized spacial score (nSPS) is 11.8. The van der Waals surface area contributed by atoms with Gasteiger partial charge < -0.3 is 4.57 Å². The number of aromatic nitrogens is 1. The van der Waals surface area contributed by atoms with Crippen LogP contribution in [0.4, 0.5) is 13.2 Å². The first-order valence-electron chi connectivity index (χ1n) is 6.34. The summed E-state index contributed by atoms with van der Waals surface area (Å²) in [6, 6.07) is 11.4. The fourth-order valence-electron chi connectivity index (χ4n) is 2.38. The van der Waals surface area contributed by atoms with Gasteiger partial charge in [0.15, 0.2) is 6.29 Å². The fraction of sp³-hybridized carbons (Fsp3) is 0.0625. The van der Waals surface area contributed by atoms with Crippen LogP contribution in [0.25, 0.3) is 16.6 Å². The van der Waals surface area contributed by atoms with Crippen molar-refractivity contribution in [2.45, 2.75) is 6.18 Å². The Balaban J connectivity index is 2.19. The van der Waals surface area contributed by atoms with Gasteiger partial charge in [0.25, 0.3) is 0 Å². The number of hydrogen-bond acceptors (Lipinski definition) is 1. The van der Waals surface area contributed by atoms with E-state index in [0.29, 0.717) is 28.2 Å². The molecule has 0 fully saturated rings. The summed E-state index contributed by atoms with van der Waals surface area (Å²) in [4.78, 5) is 11.2. The Morgan fingerprint density at radius 1 is 1.00 bits per heavy atom. The van der Waals surface area contributed by atoms with E-state index in [4.69, 9.17) is 11.6 Å². The van der Waals surface area contributed by atoms with Gasteiger partial charge in [-0.3, -0.25) is 4.79 Å². The standard InChI is InChI=1S/C16H9ClF3NO/c17-12-3-6-15-10(7-12)8-14(9-22)21(15)13-4-1-11(2-5-13)16(18,19)20/h1-9H. The monoisotopic (exact) mass is 323 g/mol. The molecule has 3 rings (SSSR count). The van der Waals surface area contributed by atoms with Crippen LogP contribution in [0, 0.1) is 0 Å². The summed E-state index contributed by atoms with van der Waals surface area (Å²) < 4.78 is 39.5. The van der Waals surface area contributed by atoms with Crippen LogP contribution >= 0.6 is 11.6 Å². The summed E-state index contributed by atoms with van der Waals surface area (Å²) in [5.41, 5.74) is 0.791. The molecule has 1 aromatic heterocycles. The molecule has 0 aliphatic carbocycles. The van der Waals surface area contributed by atoms with Gasteiger partial charge in [0.05, 0.1) is 16.8 Å². The average Bonchev–Trinajstić information content (AvgIpc) is 2.84. The SMILES string of the molecule is O=Cc1cc2cc(Cl)ccc2n1-c1ccc(C(F)(F)F)cc1. The molecule has 2 aromatic carbocycles. The van der Waals surface area contributed by atoms with Crippen molar-refractivity contribution in [3.8, 4) is 5.69 Å². The van der Waals surface area contributed by atoms with Crippen molar-refractivity contribution in [2.75, 3.05) is 0 Å². The Morgan fingerprint density at radius 2 is 1.68 bits per heavy atom. The summed E-state index contributed by atoms with van der Waals surface area (Å²) >= 11 is 5.92. The van der Waals surface area contributed by atoms with Gasteiger partial charge in [-0.05, 0) is 48.5 Å². The lowest BCUT2D eigenvalue weighted by atomic mass is 10.2. The Kier molecular flexibility index (Phi) is 3.45. The molecule has 1 heterocycles. The highest BCUT2D eigenvalue weighted by atomic mass is 35.5. The molecule has 112 valence electrons. The van der Waals surface area contributed by atoms with E-state index >= 15 is 0 Å². The smallest absolute Gasteiger partial charge is 0.307 e. The Bertz CT molecular complexity index is 850. The van der Waals surface area contributed by atoms with Crippen molar-refractivity contribution < 1.29 is 18.0 Å². The minimum atomic E-state index is -4.39. The molecule has 0 saturated heterocycles. The van der Waals surface area contributed by atoms with Crippen LogP contribution in [0.15, 0.2) is 48.5 Å². The maximum Gasteiger partial charge on any atom is 0.416 e. The topological polar surface area (TPSA) is 22.0 Å². The maximum atomic E-state index is 12.6. The highest BCUT2D eigenvalue weighted by Crippen LogP contribution is 2.31. The second-order valence-electron chi connectivity index (χ2n) is 4.77. The minimum absolute atomic E-state index is 0.344. The van der Waals surface area contributed by atoms with Crippen molar-refractivity contribution in [1.29, 1.82) is 0 Å². The quantitative estimate of drug-likeness (QED) is 0.600. The van der Waals surface area contributed by atoms with Gasteiger partial charge in [0.2, 0.25) is 0 Å². The van der Waals surface area contributed by atoms with Gasteiger partial charge in [-0.15, -0.1) is 0 Å². The Morgan fingerprint density at radius 3 is 2.27 bits per heavy atom. The van der Waals surface area contributed by atoms with Crippen LogP contribution in [0.1, 0.15) is 16.1 Å². The van der Waals surface area contributed by atoms with E-state index < -0.39 is 11.7 Å². The summed E-state index contributed by atoms with van der Waals surface area (Å²) in [5.74, 6) is 0. The van der Waals surface area contributed by atoms with Crippen LogP contribution < -0.4 is 0 Å². The van der Waals surface area contributed by atoms with Crippen molar-refractivity contribution in [3.63, 3.8) is 0 Å². The molecule has 0 amide bonds. The second kappa shape index (κ2) is 5.18. The lowest BCUT2D eigenvalue weighted by Gasteiger charge is -2.10. The highest BCUT2D eigenvalue weighted by Gasteiger charge is 2.30. The number of rotatable bonds is 2. The molecule has 0 bridgehead atoms. The fourth-order valence-corrected chi connectivity index (χ4v) is 2.56. The van der Waals surface area contributed by atoms with E-state index in [1.807, 2.05) is 0 Å². The van der Waals surface area contributed by atoms with E-state index in [2.05, 4.69) is 0 Å². The summed E-state index contributed by atoms with van der Waals surface area (Å²) in [6.45, 7) is 0. The zero-order valence-electron chi connectivity index (χ0n) is 11.1. The number of carbonyl (C=O) groups is 1. The number of aldehydes is 1. The van der Waals surface area contributed by atoms with Gasteiger partial charge in [0, 0.05) is 16.1 Å². The van der Waals surface area contributed by atoms with Crippen LogP contribution in [0.3, 0.4) is 0 Å². The first kappa shape index (κ1) is 14.7. The van der Waals surface area contributed by atoms with Gasteiger partial charge in [0.1, 0.15) is 0 Å². The second-order valence-corrected chi connectivity index (χ2v) is 5.21. The third-order valence-corrected chi connectivity index (χ3v) is 3.60. The number of benzene rings is 2. The van der Waals surface area contributed by atoms with Gasteiger partial charge in [-0.2, -0.15) is 13.2 Å². The van der Waals surface area contributed by atoms with Crippen molar-refractivity contribution in [3.05, 3.63) is 64.8 Å². The van der Waals surface area contributed by atoms with Crippen LogP contribution in [-0.2, 0) is 6.18 Å². The number of nitrogens with zero attached hydrogens (tertiary/aromatic N) is 1. The highest BCUT2D eigenvalue weighted by molar-refractivity contribution is 6.31. The molecule has 0 aliphatic heterocycles. The molecule has 0 unspecified atom stereocenters. The number of alkyl halides is 3. The zero-order chi connectivity index (χ0) is 15.9. The predicted octanol–water partition coefficient (Wildman–Crippen LogP) is 5.12. The summed E-state index contributed by atoms with van der Waals surface area (Å²) in [7, 11) is 0. The first-order chi connectivity index (χ1) is 10.4. The van der Waals surface area contributed by atoms with E-state index in [1.54, 1.807) is 28.8 Å². The molecular weight excluding hydrogens is 315 g/mol. The van der Waals surface area contributed by atoms with Crippen molar-refractivity contribution in [1.82, 2.24) is 4.57 Å². The van der Waals surface area contributed by atoms with E-state index in [0.717, 1.165) is 17.5 Å². The van der Waals surface area contributed by atoms with Crippen LogP contribution in [0.5, 0.6) is 0 Å². The third kappa shape index (κ3) is 2.48. The van der Waals surface area contributed by atoms with E-state index in [1.165, 1.54) is 12.1 Å². The molecule has 3 aromatic rings. The molecule has 0 N–H and O–H groups in total. The minimum Gasteiger partial charge on any atom is -0.307 e. The Labute approximate surface area is 128 Å². The lowest BCUT2D eigenvalue weighted by Crippen LogP contribution is -2.05. The maximum absolute atomic E-state index is 12.6. The molecule has 0 atom stereocenters. The molecule has 0 saturated carbocycles. The zero-order valence-corrected chi connectivity index (χ0v) is 11.8. The number of halogens is 4. The average molecular weight is 324 g/mol. The number of fused-ring (bicyclic) bond motifs is 1. The van der Waals surface area contributed by atoms with E-state index in [-0.39, 0.29) is 0 Å². The number of hydrogen-bond donors (Lipinski definition) is 0. The summed E-state index contributed by atoms with van der Waals surface area (Å²) in [5, 5.41) is 1.27. The Hall–Kier alpha value is -2.27. The first-order valence-corrected chi connectivity index (χ1v) is 6.72. The van der Waals surface area contributed by atoms with E-state index in [9.17, 15) is 18.0 Å². The molecule has 22 heavy (non-hydrogen) atoms. The summed E-state index contributed by atoms with van der Waals surface area (Å²) in [6.07, 6.45) is -3.73.